The maximum atomic E-state index is 13.1. The second kappa shape index (κ2) is 6.15. The molecule has 1 unspecified atom stereocenters. The van der Waals surface area contributed by atoms with Gasteiger partial charge in [-0.25, -0.2) is 4.39 Å². The molecule has 19 heavy (non-hydrogen) atoms. The zero-order valence-electron chi connectivity index (χ0n) is 11.6. The third kappa shape index (κ3) is 4.03. The van der Waals surface area contributed by atoms with E-state index in [-0.39, 0.29) is 11.7 Å². The van der Waals surface area contributed by atoms with E-state index in [2.05, 4.69) is 17.1 Å². The Morgan fingerprint density at radius 1 is 1.53 bits per heavy atom. The molecular weight excluding hydrogens is 243 g/mol. The second-order valence-corrected chi connectivity index (χ2v) is 5.49. The summed E-state index contributed by atoms with van der Waals surface area (Å²) < 4.78 is 13.1. The predicted octanol–water partition coefficient (Wildman–Crippen LogP) is 2.80. The molecule has 4 heteroatoms. The molecule has 1 N–H and O–H groups in total. The lowest BCUT2D eigenvalue weighted by atomic mass is 10.0. The maximum Gasteiger partial charge on any atom is 0.238 e. The van der Waals surface area contributed by atoms with Gasteiger partial charge in [0.25, 0.3) is 0 Å². The number of aryl methyl sites for hydroxylation is 1. The fourth-order valence-corrected chi connectivity index (χ4v) is 2.55. The summed E-state index contributed by atoms with van der Waals surface area (Å²) in [5, 5.41) is 2.79. The lowest BCUT2D eigenvalue weighted by molar-refractivity contribution is -0.117. The van der Waals surface area contributed by atoms with Crippen LogP contribution in [0.3, 0.4) is 0 Å². The van der Waals surface area contributed by atoms with Crippen LogP contribution in [0.25, 0.3) is 0 Å². The molecule has 2 rings (SSSR count). The summed E-state index contributed by atoms with van der Waals surface area (Å²) in [6.45, 7) is 6.40. The molecule has 0 radical (unpaired) electrons. The summed E-state index contributed by atoms with van der Waals surface area (Å²) in [5.41, 5.74) is 1.44. The molecule has 3 nitrogen and oxygen atoms in total. The molecule has 0 bridgehead atoms. The monoisotopic (exact) mass is 264 g/mol. The third-order valence-electron chi connectivity index (χ3n) is 3.58. The molecule has 104 valence electrons. The average molecular weight is 264 g/mol. The largest absolute Gasteiger partial charge is 0.325 e. The Balaban J connectivity index is 1.92. The number of anilines is 1. The number of likely N-dealkylation sites (tertiary alicyclic amines) is 1. The van der Waals surface area contributed by atoms with Crippen molar-refractivity contribution < 1.29 is 9.18 Å². The van der Waals surface area contributed by atoms with Crippen LogP contribution in [-0.4, -0.2) is 30.4 Å². The van der Waals surface area contributed by atoms with E-state index in [4.69, 9.17) is 0 Å². The van der Waals surface area contributed by atoms with Gasteiger partial charge < -0.3 is 5.32 Å². The molecule has 1 aliphatic rings. The van der Waals surface area contributed by atoms with Gasteiger partial charge >= 0.3 is 0 Å². The van der Waals surface area contributed by atoms with Gasteiger partial charge in [0, 0.05) is 12.2 Å². The zero-order valence-corrected chi connectivity index (χ0v) is 11.6. The van der Waals surface area contributed by atoms with Crippen LogP contribution >= 0.6 is 0 Å². The molecule has 0 aromatic heterocycles. The van der Waals surface area contributed by atoms with Crippen molar-refractivity contribution in [2.24, 2.45) is 5.92 Å². The Morgan fingerprint density at radius 3 is 3.05 bits per heavy atom. The fraction of sp³-hybridized carbons (Fsp3) is 0.533. The molecule has 1 aliphatic heterocycles. The molecule has 1 heterocycles. The summed E-state index contributed by atoms with van der Waals surface area (Å²) in [4.78, 5) is 14.1. The Morgan fingerprint density at radius 2 is 2.32 bits per heavy atom. The van der Waals surface area contributed by atoms with Crippen LogP contribution in [0.1, 0.15) is 25.3 Å². The first-order valence-electron chi connectivity index (χ1n) is 6.83. The van der Waals surface area contributed by atoms with Gasteiger partial charge in [0.15, 0.2) is 0 Å². The highest BCUT2D eigenvalue weighted by Gasteiger charge is 2.18. The van der Waals surface area contributed by atoms with Gasteiger partial charge in [-0.05, 0) is 49.9 Å². The van der Waals surface area contributed by atoms with Crippen LogP contribution in [0.2, 0.25) is 0 Å². The average Bonchev–Trinajstić information content (AvgIpc) is 2.34. The number of piperidine rings is 1. The standard InChI is InChI=1S/C15H21FN2O/c1-11-4-3-7-18(9-11)10-15(19)17-14-8-13(16)6-5-12(14)2/h5-6,8,11H,3-4,7,9-10H2,1-2H3,(H,17,19). The highest BCUT2D eigenvalue weighted by Crippen LogP contribution is 2.17. The lowest BCUT2D eigenvalue weighted by Gasteiger charge is -2.30. The zero-order chi connectivity index (χ0) is 13.8. The molecule has 1 amide bonds. The van der Waals surface area contributed by atoms with Crippen molar-refractivity contribution in [3.63, 3.8) is 0 Å². The summed E-state index contributed by atoms with van der Waals surface area (Å²) in [7, 11) is 0. The first-order chi connectivity index (χ1) is 9.04. The SMILES string of the molecule is Cc1ccc(F)cc1NC(=O)CN1CCCC(C)C1. The molecule has 1 saturated heterocycles. The van der Waals surface area contributed by atoms with Crippen LogP contribution in [0.15, 0.2) is 18.2 Å². The molecule has 1 fully saturated rings. The van der Waals surface area contributed by atoms with Gasteiger partial charge in [0.2, 0.25) is 5.91 Å². The van der Waals surface area contributed by atoms with E-state index < -0.39 is 0 Å². The van der Waals surface area contributed by atoms with Crippen molar-refractivity contribution >= 4 is 11.6 Å². The Hall–Kier alpha value is -1.42. The molecule has 0 aliphatic carbocycles. The Labute approximate surface area is 113 Å². The van der Waals surface area contributed by atoms with Crippen molar-refractivity contribution in [2.75, 3.05) is 25.0 Å². The van der Waals surface area contributed by atoms with E-state index in [1.807, 2.05) is 6.92 Å². The Bertz CT molecular complexity index is 461. The fourth-order valence-electron chi connectivity index (χ4n) is 2.55. The van der Waals surface area contributed by atoms with E-state index in [0.29, 0.717) is 18.2 Å². The molecule has 0 spiro atoms. The summed E-state index contributed by atoms with van der Waals surface area (Å²) >= 11 is 0. The Kier molecular flexibility index (Phi) is 4.53. The number of amides is 1. The van der Waals surface area contributed by atoms with Crippen molar-refractivity contribution in [3.05, 3.63) is 29.6 Å². The number of halogens is 1. The van der Waals surface area contributed by atoms with Gasteiger partial charge in [0.05, 0.1) is 6.54 Å². The van der Waals surface area contributed by atoms with Crippen molar-refractivity contribution in [2.45, 2.75) is 26.7 Å². The van der Waals surface area contributed by atoms with Gasteiger partial charge in [-0.15, -0.1) is 0 Å². The van der Waals surface area contributed by atoms with E-state index in [1.54, 1.807) is 6.07 Å². The predicted molar refractivity (Wildman–Crippen MR) is 74.6 cm³/mol. The topological polar surface area (TPSA) is 32.3 Å². The number of hydrogen-bond acceptors (Lipinski definition) is 2. The minimum atomic E-state index is -0.326. The van der Waals surface area contributed by atoms with Crippen LogP contribution < -0.4 is 5.32 Å². The van der Waals surface area contributed by atoms with Crippen molar-refractivity contribution in [1.82, 2.24) is 4.90 Å². The summed E-state index contributed by atoms with van der Waals surface area (Å²) in [5.74, 6) is 0.257. The summed E-state index contributed by atoms with van der Waals surface area (Å²) in [6, 6.07) is 4.44. The number of carbonyl (C=O) groups excluding carboxylic acids is 1. The van der Waals surface area contributed by atoms with Crippen molar-refractivity contribution in [3.8, 4) is 0 Å². The molecule has 1 aromatic rings. The molecule has 1 atom stereocenters. The normalized spacial score (nSPS) is 20.3. The van der Waals surface area contributed by atoms with Crippen LogP contribution in [0.4, 0.5) is 10.1 Å². The first kappa shape index (κ1) is 14.0. The minimum Gasteiger partial charge on any atom is -0.325 e. The summed E-state index contributed by atoms with van der Waals surface area (Å²) in [6.07, 6.45) is 2.38. The van der Waals surface area contributed by atoms with Gasteiger partial charge in [-0.2, -0.15) is 0 Å². The highest BCUT2D eigenvalue weighted by atomic mass is 19.1. The quantitative estimate of drug-likeness (QED) is 0.910. The molecular formula is C15H21FN2O. The lowest BCUT2D eigenvalue weighted by Crippen LogP contribution is -2.39. The number of carbonyl (C=O) groups is 1. The number of rotatable bonds is 3. The van der Waals surface area contributed by atoms with E-state index in [0.717, 1.165) is 25.1 Å². The first-order valence-corrected chi connectivity index (χ1v) is 6.83. The third-order valence-corrected chi connectivity index (χ3v) is 3.58. The van der Waals surface area contributed by atoms with Gasteiger partial charge in [-0.1, -0.05) is 13.0 Å². The van der Waals surface area contributed by atoms with Crippen LogP contribution in [-0.2, 0) is 4.79 Å². The number of benzene rings is 1. The van der Waals surface area contributed by atoms with Gasteiger partial charge in [-0.3, -0.25) is 9.69 Å². The smallest absolute Gasteiger partial charge is 0.238 e. The molecule has 1 aromatic carbocycles. The highest BCUT2D eigenvalue weighted by molar-refractivity contribution is 5.92. The van der Waals surface area contributed by atoms with E-state index >= 15 is 0 Å². The number of hydrogen-bond donors (Lipinski definition) is 1. The molecule has 0 saturated carbocycles. The number of nitrogens with zero attached hydrogens (tertiary/aromatic N) is 1. The van der Waals surface area contributed by atoms with Crippen molar-refractivity contribution in [1.29, 1.82) is 0 Å². The van der Waals surface area contributed by atoms with Crippen LogP contribution in [0.5, 0.6) is 0 Å². The van der Waals surface area contributed by atoms with E-state index in [9.17, 15) is 9.18 Å². The van der Waals surface area contributed by atoms with Crippen LogP contribution in [0, 0.1) is 18.7 Å². The van der Waals surface area contributed by atoms with Gasteiger partial charge in [0.1, 0.15) is 5.82 Å². The van der Waals surface area contributed by atoms with E-state index in [1.165, 1.54) is 18.6 Å². The second-order valence-electron chi connectivity index (χ2n) is 5.49. The minimum absolute atomic E-state index is 0.0669. The maximum absolute atomic E-state index is 13.1. The number of nitrogens with one attached hydrogen (secondary N) is 1.